The lowest BCUT2D eigenvalue weighted by atomic mass is 9.72. The molecule has 8 nitrogen and oxygen atoms in total. The Morgan fingerprint density at radius 1 is 1.15 bits per heavy atom. The monoisotopic (exact) mass is 565 g/mol. The normalized spacial score (nSPS) is 22.1. The van der Waals surface area contributed by atoms with Crippen molar-refractivity contribution in [1.82, 2.24) is 9.21 Å². The average Bonchev–Trinajstić information content (AvgIpc) is 2.93. The topological polar surface area (TPSA) is 88.2 Å². The fourth-order valence-corrected chi connectivity index (χ4v) is 7.83. The van der Waals surface area contributed by atoms with Crippen LogP contribution in [0.25, 0.3) is 0 Å². The number of anilines is 1. The van der Waals surface area contributed by atoms with Crippen LogP contribution >= 0.6 is 0 Å². The van der Waals surface area contributed by atoms with E-state index in [4.69, 9.17) is 9.47 Å². The van der Waals surface area contributed by atoms with Gasteiger partial charge in [-0.25, -0.2) is 8.42 Å². The van der Waals surface area contributed by atoms with Gasteiger partial charge in [0, 0.05) is 32.6 Å². The number of ether oxygens (including phenoxy) is 2. The molecule has 1 unspecified atom stereocenters. The number of carbonyl (C=O) groups excluding carboxylic acids is 1. The molecule has 2 fully saturated rings. The summed E-state index contributed by atoms with van der Waals surface area (Å²) in [6.07, 6.45) is 10.1. The minimum absolute atomic E-state index is 0.0160. The van der Waals surface area contributed by atoms with Crippen molar-refractivity contribution in [3.05, 3.63) is 17.7 Å². The van der Waals surface area contributed by atoms with Gasteiger partial charge in [0.1, 0.15) is 17.3 Å². The number of nitrogens with zero attached hydrogens (tertiary/aromatic N) is 2. The van der Waals surface area contributed by atoms with E-state index in [9.17, 15) is 13.2 Å². The number of hydrogen-bond donors (Lipinski definition) is 1. The summed E-state index contributed by atoms with van der Waals surface area (Å²) in [5.41, 5.74) is 1.09. The summed E-state index contributed by atoms with van der Waals surface area (Å²) in [6, 6.07) is 3.39. The number of methoxy groups -OCH3 is 1. The van der Waals surface area contributed by atoms with E-state index in [2.05, 4.69) is 24.2 Å². The minimum Gasteiger partial charge on any atom is -0.497 e. The molecule has 1 saturated heterocycles. The number of ketones is 1. The molecule has 1 aromatic carbocycles. The third-order valence-corrected chi connectivity index (χ3v) is 11.1. The predicted molar refractivity (Wildman–Crippen MR) is 157 cm³/mol. The molecule has 1 aliphatic heterocycles. The van der Waals surface area contributed by atoms with Gasteiger partial charge in [-0.3, -0.25) is 4.79 Å². The van der Waals surface area contributed by atoms with E-state index in [1.807, 2.05) is 0 Å². The third-order valence-electron chi connectivity index (χ3n) is 9.08. The molecule has 0 spiro atoms. The maximum absolute atomic E-state index is 13.3. The number of piperidine rings is 1. The molecule has 1 N–H and O–H groups in total. The van der Waals surface area contributed by atoms with E-state index >= 15 is 0 Å². The number of sulfonamides is 1. The molecule has 0 bridgehead atoms. The van der Waals surface area contributed by atoms with Gasteiger partial charge in [0.15, 0.2) is 5.78 Å². The Kier molecular flexibility index (Phi) is 12.1. The number of likely N-dealkylation sites (tertiary alicyclic amines) is 1. The molecule has 1 heterocycles. The number of rotatable bonds is 14. The van der Waals surface area contributed by atoms with Crippen molar-refractivity contribution >= 4 is 21.5 Å². The molecule has 3 rings (SSSR count). The van der Waals surface area contributed by atoms with Gasteiger partial charge >= 0.3 is 0 Å². The maximum atomic E-state index is 13.3. The zero-order valence-corrected chi connectivity index (χ0v) is 25.8. The van der Waals surface area contributed by atoms with Gasteiger partial charge < -0.3 is 19.7 Å². The van der Waals surface area contributed by atoms with E-state index in [1.54, 1.807) is 40.3 Å². The van der Waals surface area contributed by atoms with Crippen molar-refractivity contribution in [3.63, 3.8) is 0 Å². The first kappa shape index (κ1) is 31.8. The summed E-state index contributed by atoms with van der Waals surface area (Å²) in [4.78, 5) is 15.6. The molecule has 0 radical (unpaired) electrons. The molecular weight excluding hydrogens is 514 g/mol. The standard InChI is InChI=1S/C30H51N3O5S/c1-22-18-27(37-6)20-28(31-3)30(22)39(35,36)33(5)16-17-38-21-29(34)23(2)26-9-7-8-25(19-26)11-10-24-12-14-32(4)15-13-24/h18,20,23-26,31H,7-17,19,21H2,1-6H3/t23?,25-,26-/m1/s1. The first-order chi connectivity index (χ1) is 18.6. The molecule has 0 amide bonds. The Labute approximate surface area is 236 Å². The van der Waals surface area contributed by atoms with Crippen molar-refractivity contribution in [2.24, 2.45) is 23.7 Å². The van der Waals surface area contributed by atoms with Gasteiger partial charge in [0.2, 0.25) is 10.0 Å². The number of likely N-dealkylation sites (N-methyl/N-ethyl adjacent to an activating group) is 1. The Balaban J connectivity index is 1.43. The highest BCUT2D eigenvalue weighted by Gasteiger charge is 2.31. The Morgan fingerprint density at radius 2 is 1.85 bits per heavy atom. The lowest BCUT2D eigenvalue weighted by Crippen LogP contribution is -2.33. The fraction of sp³-hybridized carbons (Fsp3) is 0.767. The van der Waals surface area contributed by atoms with Gasteiger partial charge in [-0.15, -0.1) is 0 Å². The third kappa shape index (κ3) is 8.65. The molecule has 1 aliphatic carbocycles. The summed E-state index contributed by atoms with van der Waals surface area (Å²) in [6.45, 7) is 6.63. The van der Waals surface area contributed by atoms with Crippen LogP contribution in [0, 0.1) is 30.6 Å². The van der Waals surface area contributed by atoms with Crippen molar-refractivity contribution < 1.29 is 22.7 Å². The second-order valence-corrected chi connectivity index (χ2v) is 13.8. The summed E-state index contributed by atoms with van der Waals surface area (Å²) in [7, 11) is 3.25. The number of aryl methyl sites for hydroxylation is 1. The van der Waals surface area contributed by atoms with Crippen molar-refractivity contribution in [2.45, 2.75) is 70.1 Å². The van der Waals surface area contributed by atoms with Gasteiger partial charge in [-0.1, -0.05) is 32.6 Å². The maximum Gasteiger partial charge on any atom is 0.245 e. The Bertz CT molecular complexity index is 1040. The molecule has 3 atom stereocenters. The minimum atomic E-state index is -3.75. The van der Waals surface area contributed by atoms with E-state index in [0.717, 1.165) is 24.7 Å². The number of Topliss-reactive ketones (excluding diaryl/α,β-unsaturated/α-hetero) is 1. The lowest BCUT2D eigenvalue weighted by Gasteiger charge is -2.34. The largest absolute Gasteiger partial charge is 0.497 e. The number of hydrogen-bond acceptors (Lipinski definition) is 7. The molecular formula is C30H51N3O5S. The second-order valence-electron chi connectivity index (χ2n) is 11.8. The zero-order valence-electron chi connectivity index (χ0n) is 25.0. The van der Waals surface area contributed by atoms with E-state index in [-0.39, 0.29) is 36.4 Å². The van der Waals surface area contributed by atoms with Crippen LogP contribution in [0.3, 0.4) is 0 Å². The molecule has 1 saturated carbocycles. The van der Waals surface area contributed by atoms with Crippen molar-refractivity contribution in [2.75, 3.05) is 66.4 Å². The van der Waals surface area contributed by atoms with Gasteiger partial charge in [0.05, 0.1) is 19.4 Å². The predicted octanol–water partition coefficient (Wildman–Crippen LogP) is 4.82. The van der Waals surface area contributed by atoms with Crippen molar-refractivity contribution in [1.29, 1.82) is 0 Å². The molecule has 0 aromatic heterocycles. The number of benzene rings is 1. The summed E-state index contributed by atoms with van der Waals surface area (Å²) < 4.78 is 38.8. The molecule has 9 heteroatoms. The molecule has 222 valence electrons. The smallest absolute Gasteiger partial charge is 0.245 e. The highest BCUT2D eigenvalue weighted by Crippen LogP contribution is 2.38. The molecule has 39 heavy (non-hydrogen) atoms. The van der Waals surface area contributed by atoms with E-state index < -0.39 is 10.0 Å². The summed E-state index contributed by atoms with van der Waals surface area (Å²) in [5.74, 6) is 2.74. The van der Waals surface area contributed by atoms with Crippen LogP contribution in [0.5, 0.6) is 5.75 Å². The number of carbonyl (C=O) groups is 1. The summed E-state index contributed by atoms with van der Waals surface area (Å²) >= 11 is 0. The average molecular weight is 566 g/mol. The highest BCUT2D eigenvalue weighted by molar-refractivity contribution is 7.89. The van der Waals surface area contributed by atoms with Crippen molar-refractivity contribution in [3.8, 4) is 5.75 Å². The van der Waals surface area contributed by atoms with Gasteiger partial charge in [0.25, 0.3) is 0 Å². The van der Waals surface area contributed by atoms with Crippen LogP contribution in [-0.4, -0.2) is 84.5 Å². The molecule has 2 aliphatic rings. The zero-order chi connectivity index (χ0) is 28.6. The van der Waals surface area contributed by atoms with Crippen LogP contribution in [0.2, 0.25) is 0 Å². The van der Waals surface area contributed by atoms with E-state index in [1.165, 1.54) is 55.9 Å². The molecule has 1 aromatic rings. The highest BCUT2D eigenvalue weighted by atomic mass is 32.2. The van der Waals surface area contributed by atoms with Crippen LogP contribution in [0.4, 0.5) is 5.69 Å². The lowest BCUT2D eigenvalue weighted by molar-refractivity contribution is -0.129. The van der Waals surface area contributed by atoms with Crippen LogP contribution in [0.15, 0.2) is 17.0 Å². The first-order valence-corrected chi connectivity index (χ1v) is 16.1. The van der Waals surface area contributed by atoms with Gasteiger partial charge in [-0.05, 0) is 82.1 Å². The fourth-order valence-electron chi connectivity index (χ4n) is 6.29. The first-order valence-electron chi connectivity index (χ1n) is 14.7. The Morgan fingerprint density at radius 3 is 2.51 bits per heavy atom. The van der Waals surface area contributed by atoms with E-state index in [0.29, 0.717) is 22.9 Å². The SMILES string of the molecule is CNc1cc(OC)cc(C)c1S(=O)(=O)N(C)CCOCC(=O)C(C)[C@@H]1CCC[C@H](CCC2CCN(C)CC2)C1. The van der Waals surface area contributed by atoms with Crippen LogP contribution in [0.1, 0.15) is 63.9 Å². The quantitative estimate of drug-likeness (QED) is 0.324. The summed E-state index contributed by atoms with van der Waals surface area (Å²) in [5, 5.41) is 2.96. The number of nitrogens with one attached hydrogen (secondary N) is 1. The van der Waals surface area contributed by atoms with Gasteiger partial charge in [-0.2, -0.15) is 4.31 Å². The Hall–Kier alpha value is -1.68. The van der Waals surface area contributed by atoms with Crippen LogP contribution in [-0.2, 0) is 19.6 Å². The second kappa shape index (κ2) is 14.8. The van der Waals surface area contributed by atoms with Crippen LogP contribution < -0.4 is 10.1 Å².